The van der Waals surface area contributed by atoms with Gasteiger partial charge >= 0.3 is 0 Å². The Labute approximate surface area is 124 Å². The van der Waals surface area contributed by atoms with Gasteiger partial charge in [-0.1, -0.05) is 5.16 Å². The maximum Gasteiger partial charge on any atom is 0.138 e. The highest BCUT2D eigenvalue weighted by atomic mass is 19.1. The van der Waals surface area contributed by atoms with E-state index in [4.69, 9.17) is 9.26 Å². The number of hydrogen-bond donors (Lipinski definition) is 1. The minimum absolute atomic E-state index is 0.224. The number of ether oxygens (including phenoxy) is 1. The summed E-state index contributed by atoms with van der Waals surface area (Å²) < 4.78 is 24.4. The van der Waals surface area contributed by atoms with Gasteiger partial charge in [-0.2, -0.15) is 0 Å². The quantitative estimate of drug-likeness (QED) is 0.896. The maximum atomic E-state index is 13.8. The largest absolute Gasteiger partial charge is 0.377 e. The number of nitrogens with zero attached hydrogens (tertiary/aromatic N) is 2. The molecule has 2 fully saturated rings. The number of hydrogen-bond acceptors (Lipinski definition) is 5. The van der Waals surface area contributed by atoms with Crippen molar-refractivity contribution in [2.24, 2.45) is 0 Å². The number of halogens is 1. The molecule has 4 atom stereocenters. The van der Waals surface area contributed by atoms with Crippen molar-refractivity contribution in [3.63, 3.8) is 0 Å². The summed E-state index contributed by atoms with van der Waals surface area (Å²) in [5.74, 6) is 0.821. The Morgan fingerprint density at radius 1 is 1.52 bits per heavy atom. The monoisotopic (exact) mass is 297 g/mol. The fourth-order valence-electron chi connectivity index (χ4n) is 3.31. The molecule has 0 unspecified atom stereocenters. The topological polar surface area (TPSA) is 50.5 Å². The third kappa shape index (κ3) is 3.44. The molecule has 1 N–H and O–H groups in total. The van der Waals surface area contributed by atoms with Crippen LogP contribution in [0.4, 0.5) is 4.39 Å². The van der Waals surface area contributed by atoms with Gasteiger partial charge in [0.2, 0.25) is 0 Å². The molecule has 118 valence electrons. The lowest BCUT2D eigenvalue weighted by atomic mass is 10.1. The summed E-state index contributed by atoms with van der Waals surface area (Å²) in [6, 6.07) is 0.616. The van der Waals surface area contributed by atoms with Gasteiger partial charge in [0.1, 0.15) is 11.9 Å². The molecule has 2 aliphatic heterocycles. The van der Waals surface area contributed by atoms with Crippen molar-refractivity contribution in [2.45, 2.75) is 57.6 Å². The van der Waals surface area contributed by atoms with Crippen LogP contribution in [0.5, 0.6) is 0 Å². The highest BCUT2D eigenvalue weighted by molar-refractivity contribution is 5.12. The van der Waals surface area contributed by atoms with E-state index in [1.807, 2.05) is 6.92 Å². The molecular weight excluding hydrogens is 273 g/mol. The van der Waals surface area contributed by atoms with Crippen molar-refractivity contribution >= 4 is 0 Å². The maximum absolute atomic E-state index is 13.8. The molecule has 3 heterocycles. The first-order valence-electron chi connectivity index (χ1n) is 7.76. The SMILES string of the molecule is Cc1oncc1CN1C[C@@H](F)C[C@H]1CN[C@H]1CCO[C@@H]1C. The zero-order valence-electron chi connectivity index (χ0n) is 12.7. The van der Waals surface area contributed by atoms with Gasteiger partial charge in [0.15, 0.2) is 0 Å². The van der Waals surface area contributed by atoms with Gasteiger partial charge in [-0.15, -0.1) is 0 Å². The van der Waals surface area contributed by atoms with Crippen molar-refractivity contribution < 1.29 is 13.7 Å². The van der Waals surface area contributed by atoms with Gasteiger partial charge in [-0.25, -0.2) is 4.39 Å². The molecule has 0 saturated carbocycles. The Morgan fingerprint density at radius 3 is 3.05 bits per heavy atom. The second-order valence-electron chi connectivity index (χ2n) is 6.20. The normalized spacial score (nSPS) is 33.9. The zero-order chi connectivity index (χ0) is 14.8. The minimum atomic E-state index is -0.741. The molecule has 0 amide bonds. The number of aromatic nitrogens is 1. The Kier molecular flexibility index (Phi) is 4.57. The first-order valence-corrected chi connectivity index (χ1v) is 7.76. The smallest absolute Gasteiger partial charge is 0.138 e. The number of rotatable bonds is 5. The highest BCUT2D eigenvalue weighted by Gasteiger charge is 2.33. The molecule has 0 spiro atoms. The zero-order valence-corrected chi connectivity index (χ0v) is 12.7. The van der Waals surface area contributed by atoms with Gasteiger partial charge < -0.3 is 14.6 Å². The number of aryl methyl sites for hydroxylation is 1. The lowest BCUT2D eigenvalue weighted by molar-refractivity contribution is 0.111. The average molecular weight is 297 g/mol. The predicted octanol–water partition coefficient (Wildman–Crippen LogP) is 1.66. The third-order valence-corrected chi connectivity index (χ3v) is 4.69. The van der Waals surface area contributed by atoms with Crippen LogP contribution in [0.2, 0.25) is 0 Å². The van der Waals surface area contributed by atoms with Gasteiger partial charge in [0.25, 0.3) is 0 Å². The van der Waals surface area contributed by atoms with Crippen LogP contribution in [-0.4, -0.2) is 54.1 Å². The minimum Gasteiger partial charge on any atom is -0.377 e. The molecule has 1 aromatic heterocycles. The predicted molar refractivity (Wildman–Crippen MR) is 76.8 cm³/mol. The highest BCUT2D eigenvalue weighted by Crippen LogP contribution is 2.24. The van der Waals surface area contributed by atoms with Crippen molar-refractivity contribution in [1.29, 1.82) is 0 Å². The molecule has 2 aliphatic rings. The Bertz CT molecular complexity index is 468. The summed E-state index contributed by atoms with van der Waals surface area (Å²) in [5, 5.41) is 7.34. The third-order valence-electron chi connectivity index (χ3n) is 4.69. The van der Waals surface area contributed by atoms with Crippen molar-refractivity contribution in [3.8, 4) is 0 Å². The van der Waals surface area contributed by atoms with Crippen LogP contribution in [0.25, 0.3) is 0 Å². The van der Waals surface area contributed by atoms with E-state index in [0.29, 0.717) is 25.6 Å². The number of likely N-dealkylation sites (tertiary alicyclic amines) is 1. The van der Waals surface area contributed by atoms with Gasteiger partial charge in [-0.05, 0) is 26.7 Å². The molecule has 5 nitrogen and oxygen atoms in total. The summed E-state index contributed by atoms with van der Waals surface area (Å²) in [4.78, 5) is 2.19. The van der Waals surface area contributed by atoms with Gasteiger partial charge in [0.05, 0.1) is 12.3 Å². The molecule has 0 aliphatic carbocycles. The molecular formula is C15H24FN3O2. The lowest BCUT2D eigenvalue weighted by Gasteiger charge is -2.26. The van der Waals surface area contributed by atoms with Crippen molar-refractivity contribution in [3.05, 3.63) is 17.5 Å². The summed E-state index contributed by atoms with van der Waals surface area (Å²) in [6.07, 6.45) is 2.88. The first kappa shape index (κ1) is 14.9. The van der Waals surface area contributed by atoms with Crippen LogP contribution in [0, 0.1) is 6.92 Å². The lowest BCUT2D eigenvalue weighted by Crippen LogP contribution is -2.43. The van der Waals surface area contributed by atoms with E-state index in [-0.39, 0.29) is 12.1 Å². The Hall–Kier alpha value is -0.980. The van der Waals surface area contributed by atoms with Crippen molar-refractivity contribution in [1.82, 2.24) is 15.4 Å². The fourth-order valence-corrected chi connectivity index (χ4v) is 3.31. The van der Waals surface area contributed by atoms with Gasteiger partial charge in [0, 0.05) is 43.9 Å². The second kappa shape index (κ2) is 6.42. The van der Waals surface area contributed by atoms with E-state index in [2.05, 4.69) is 22.3 Å². The van der Waals surface area contributed by atoms with E-state index < -0.39 is 6.17 Å². The van der Waals surface area contributed by atoms with Crippen LogP contribution in [0.15, 0.2) is 10.7 Å². The van der Waals surface area contributed by atoms with E-state index in [1.165, 1.54) is 0 Å². The fraction of sp³-hybridized carbons (Fsp3) is 0.800. The average Bonchev–Trinajstić information content (AvgIpc) is 3.11. The van der Waals surface area contributed by atoms with E-state index in [0.717, 1.165) is 30.9 Å². The Balaban J connectivity index is 1.56. The van der Waals surface area contributed by atoms with Crippen LogP contribution in [0.1, 0.15) is 31.1 Å². The summed E-state index contributed by atoms with van der Waals surface area (Å²) in [5.41, 5.74) is 1.05. The van der Waals surface area contributed by atoms with E-state index in [9.17, 15) is 4.39 Å². The molecule has 0 aromatic carbocycles. The molecule has 0 bridgehead atoms. The van der Waals surface area contributed by atoms with Crippen molar-refractivity contribution in [2.75, 3.05) is 19.7 Å². The van der Waals surface area contributed by atoms with Crippen LogP contribution >= 0.6 is 0 Å². The molecule has 21 heavy (non-hydrogen) atoms. The Morgan fingerprint density at radius 2 is 2.38 bits per heavy atom. The first-order chi connectivity index (χ1) is 10.1. The molecule has 1 aromatic rings. The summed E-state index contributed by atoms with van der Waals surface area (Å²) in [6.45, 7) is 6.82. The second-order valence-corrected chi connectivity index (χ2v) is 6.20. The van der Waals surface area contributed by atoms with Gasteiger partial charge in [-0.3, -0.25) is 4.90 Å². The number of alkyl halides is 1. The van der Waals surface area contributed by atoms with Crippen LogP contribution in [-0.2, 0) is 11.3 Å². The van der Waals surface area contributed by atoms with Crippen LogP contribution in [0.3, 0.4) is 0 Å². The van der Waals surface area contributed by atoms with E-state index >= 15 is 0 Å². The van der Waals surface area contributed by atoms with E-state index in [1.54, 1.807) is 6.20 Å². The molecule has 3 rings (SSSR count). The summed E-state index contributed by atoms with van der Waals surface area (Å²) in [7, 11) is 0. The molecule has 2 saturated heterocycles. The standard InChI is InChI=1S/C15H24FN3O2/c1-10-12(6-18-21-10)8-19-9-13(16)5-14(19)7-17-15-3-4-20-11(15)2/h6,11,13-15,17H,3-5,7-9H2,1-2H3/t11-,13+,14+,15+/m1/s1. The van der Waals surface area contributed by atoms with Crippen LogP contribution < -0.4 is 5.32 Å². The molecule has 0 radical (unpaired) electrons. The molecule has 6 heteroatoms. The number of nitrogens with one attached hydrogen (secondary N) is 1. The summed E-state index contributed by atoms with van der Waals surface area (Å²) >= 11 is 0.